The second-order valence-corrected chi connectivity index (χ2v) is 8.17. The van der Waals surface area contributed by atoms with Crippen molar-refractivity contribution < 1.29 is 4.79 Å². The van der Waals surface area contributed by atoms with E-state index in [4.69, 9.17) is 0 Å². The normalized spacial score (nSPS) is 23.8. The minimum Gasteiger partial charge on any atom is -0.350 e. The monoisotopic (exact) mass is 345 g/mol. The van der Waals surface area contributed by atoms with Gasteiger partial charge in [0.1, 0.15) is 0 Å². The minimum absolute atomic E-state index is 0.0356. The Labute approximate surface area is 145 Å². The van der Waals surface area contributed by atoms with Gasteiger partial charge in [-0.2, -0.15) is 5.10 Å². The lowest BCUT2D eigenvalue weighted by Crippen LogP contribution is -2.50. The van der Waals surface area contributed by atoms with Crippen LogP contribution in [0.25, 0.3) is 0 Å². The highest BCUT2D eigenvalue weighted by Crippen LogP contribution is 2.39. The molecule has 6 nitrogen and oxygen atoms in total. The van der Waals surface area contributed by atoms with Crippen LogP contribution in [-0.4, -0.2) is 44.2 Å². The van der Waals surface area contributed by atoms with Crippen LogP contribution >= 0.6 is 11.3 Å². The number of carbonyl (C=O) groups is 1. The molecule has 4 rings (SSSR count). The lowest BCUT2D eigenvalue weighted by molar-refractivity contribution is -0.121. The van der Waals surface area contributed by atoms with Crippen molar-refractivity contribution in [3.8, 4) is 0 Å². The molecule has 24 heavy (non-hydrogen) atoms. The van der Waals surface area contributed by atoms with Crippen LogP contribution in [0, 0.1) is 6.92 Å². The summed E-state index contributed by atoms with van der Waals surface area (Å²) in [6.07, 6.45) is 6.70. The third kappa shape index (κ3) is 2.98. The number of rotatable bonds is 3. The van der Waals surface area contributed by atoms with Gasteiger partial charge in [0, 0.05) is 49.4 Å². The Balaban J connectivity index is 1.39. The maximum absolute atomic E-state index is 12.5. The molecule has 1 atom stereocenters. The molecule has 128 valence electrons. The third-order valence-electron chi connectivity index (χ3n) is 5.29. The number of carbonyl (C=O) groups excluding carboxylic acids is 1. The van der Waals surface area contributed by atoms with E-state index in [1.165, 1.54) is 0 Å². The van der Waals surface area contributed by atoms with E-state index in [9.17, 15) is 4.79 Å². The first-order valence-electron chi connectivity index (χ1n) is 8.47. The second kappa shape index (κ2) is 5.97. The number of likely N-dealkylation sites (tertiary alicyclic amines) is 1. The van der Waals surface area contributed by atoms with Gasteiger partial charge in [0.05, 0.1) is 22.8 Å². The average molecular weight is 345 g/mol. The molecule has 0 saturated carbocycles. The highest BCUT2D eigenvalue weighted by molar-refractivity contribution is 7.09. The van der Waals surface area contributed by atoms with Gasteiger partial charge in [-0.3, -0.25) is 14.4 Å². The largest absolute Gasteiger partial charge is 0.350 e. The van der Waals surface area contributed by atoms with Gasteiger partial charge >= 0.3 is 0 Å². The van der Waals surface area contributed by atoms with Crippen LogP contribution in [0.3, 0.4) is 0 Å². The molecule has 0 aromatic carbocycles. The highest BCUT2D eigenvalue weighted by atomic mass is 32.1. The fourth-order valence-corrected chi connectivity index (χ4v) is 4.55. The first-order valence-corrected chi connectivity index (χ1v) is 9.35. The van der Waals surface area contributed by atoms with Gasteiger partial charge in [-0.05, 0) is 26.2 Å². The third-order valence-corrected chi connectivity index (χ3v) is 6.11. The van der Waals surface area contributed by atoms with E-state index in [-0.39, 0.29) is 17.4 Å². The zero-order valence-corrected chi connectivity index (χ0v) is 15.0. The van der Waals surface area contributed by atoms with Crippen LogP contribution in [-0.2, 0) is 18.4 Å². The van der Waals surface area contributed by atoms with Gasteiger partial charge < -0.3 is 5.32 Å². The predicted octanol–water partition coefficient (Wildman–Crippen LogP) is 1.82. The van der Waals surface area contributed by atoms with Gasteiger partial charge in [-0.25, -0.2) is 4.98 Å². The molecule has 1 unspecified atom stereocenters. The predicted molar refractivity (Wildman–Crippen MR) is 92.8 cm³/mol. The fraction of sp³-hybridized carbons (Fsp3) is 0.588. The molecule has 4 heterocycles. The van der Waals surface area contributed by atoms with E-state index in [2.05, 4.69) is 25.7 Å². The first kappa shape index (κ1) is 15.8. The Bertz CT molecular complexity index is 744. The summed E-state index contributed by atoms with van der Waals surface area (Å²) in [5.41, 5.74) is 2.16. The molecule has 0 aliphatic carbocycles. The highest BCUT2D eigenvalue weighted by Gasteiger charge is 2.46. The van der Waals surface area contributed by atoms with Crippen molar-refractivity contribution in [1.29, 1.82) is 0 Å². The Morgan fingerprint density at radius 2 is 2.21 bits per heavy atom. The molecular formula is C17H23N5OS. The minimum atomic E-state index is -0.0496. The second-order valence-electron chi connectivity index (χ2n) is 7.11. The molecule has 1 N–H and O–H groups in total. The Kier molecular flexibility index (Phi) is 3.92. The van der Waals surface area contributed by atoms with Gasteiger partial charge in [-0.15, -0.1) is 11.3 Å². The molecule has 0 bridgehead atoms. The van der Waals surface area contributed by atoms with E-state index in [1.54, 1.807) is 16.0 Å². The summed E-state index contributed by atoms with van der Waals surface area (Å²) in [7, 11) is 1.89. The van der Waals surface area contributed by atoms with Crippen molar-refractivity contribution in [3.05, 3.63) is 34.0 Å². The lowest BCUT2D eigenvalue weighted by atomic mass is 9.82. The number of nitrogens with zero attached hydrogens (tertiary/aromatic N) is 4. The first-order chi connectivity index (χ1) is 11.5. The molecule has 2 saturated heterocycles. The molecule has 2 aromatic rings. The van der Waals surface area contributed by atoms with Gasteiger partial charge in [0.25, 0.3) is 0 Å². The Morgan fingerprint density at radius 1 is 1.42 bits per heavy atom. The molecule has 2 aliphatic heterocycles. The number of amides is 1. The summed E-state index contributed by atoms with van der Waals surface area (Å²) >= 11 is 1.71. The Hall–Kier alpha value is -1.73. The molecule has 0 radical (unpaired) electrons. The summed E-state index contributed by atoms with van der Waals surface area (Å²) in [6, 6.07) is 0. The molecule has 2 fully saturated rings. The molecule has 1 spiro atoms. The van der Waals surface area contributed by atoms with Crippen LogP contribution in [0.15, 0.2) is 17.8 Å². The fourth-order valence-electron chi connectivity index (χ4n) is 3.95. The van der Waals surface area contributed by atoms with Gasteiger partial charge in [-0.1, -0.05) is 0 Å². The maximum atomic E-state index is 12.5. The zero-order valence-electron chi connectivity index (χ0n) is 14.2. The number of aromatic nitrogens is 3. The van der Waals surface area contributed by atoms with Crippen molar-refractivity contribution >= 4 is 17.2 Å². The summed E-state index contributed by atoms with van der Waals surface area (Å²) in [6.45, 7) is 4.99. The van der Waals surface area contributed by atoms with E-state index in [0.29, 0.717) is 0 Å². The van der Waals surface area contributed by atoms with E-state index >= 15 is 0 Å². The van der Waals surface area contributed by atoms with Crippen LogP contribution in [0.2, 0.25) is 0 Å². The zero-order chi connectivity index (χ0) is 16.7. The molecule has 1 amide bonds. The maximum Gasteiger partial charge on any atom is 0.228 e. The quantitative estimate of drug-likeness (QED) is 0.922. The number of hydrogen-bond donors (Lipinski definition) is 1. The summed E-state index contributed by atoms with van der Waals surface area (Å²) in [5, 5.41) is 10.8. The SMILES string of the molecule is Cc1nc(CN2CCC3(CC2)CC(c2cnn(C)c2)C(=O)N3)cs1. The average Bonchev–Trinajstić information content (AvgIpc) is 3.23. The number of thiazole rings is 1. The molecule has 2 aromatic heterocycles. The van der Waals surface area contributed by atoms with Crippen LogP contribution in [0.5, 0.6) is 0 Å². The molecule has 7 heteroatoms. The number of aryl methyl sites for hydroxylation is 2. The van der Waals surface area contributed by atoms with E-state index in [1.807, 2.05) is 26.4 Å². The molecule has 2 aliphatic rings. The number of nitrogens with one attached hydrogen (secondary N) is 1. The smallest absolute Gasteiger partial charge is 0.228 e. The number of hydrogen-bond acceptors (Lipinski definition) is 5. The summed E-state index contributed by atoms with van der Waals surface area (Å²) < 4.78 is 1.77. The van der Waals surface area contributed by atoms with Gasteiger partial charge in [0.15, 0.2) is 0 Å². The van der Waals surface area contributed by atoms with Crippen molar-refractivity contribution in [1.82, 2.24) is 25.0 Å². The van der Waals surface area contributed by atoms with Crippen molar-refractivity contribution in [3.63, 3.8) is 0 Å². The summed E-state index contributed by atoms with van der Waals surface area (Å²) in [5.74, 6) is 0.109. The van der Waals surface area contributed by atoms with E-state index < -0.39 is 0 Å². The Morgan fingerprint density at radius 3 is 2.83 bits per heavy atom. The van der Waals surface area contributed by atoms with Crippen LogP contribution < -0.4 is 5.32 Å². The van der Waals surface area contributed by atoms with Crippen molar-refractivity contribution in [2.45, 2.75) is 44.2 Å². The van der Waals surface area contributed by atoms with Crippen molar-refractivity contribution in [2.75, 3.05) is 13.1 Å². The topological polar surface area (TPSA) is 63.1 Å². The van der Waals surface area contributed by atoms with Crippen LogP contribution in [0.1, 0.15) is 41.4 Å². The molecular weight excluding hydrogens is 322 g/mol. The van der Waals surface area contributed by atoms with Crippen LogP contribution in [0.4, 0.5) is 0 Å². The van der Waals surface area contributed by atoms with Gasteiger partial charge in [0.2, 0.25) is 5.91 Å². The van der Waals surface area contributed by atoms with Crippen molar-refractivity contribution in [2.24, 2.45) is 7.05 Å². The number of piperidine rings is 1. The van der Waals surface area contributed by atoms with E-state index in [0.717, 1.165) is 55.2 Å². The lowest BCUT2D eigenvalue weighted by Gasteiger charge is -2.39. The summed E-state index contributed by atoms with van der Waals surface area (Å²) in [4.78, 5) is 19.5. The standard InChI is InChI=1S/C17H23N5OS/c1-12-19-14(11-24-12)10-22-5-3-17(4-6-22)7-15(16(23)20-17)13-8-18-21(2)9-13/h8-9,11,15H,3-7,10H2,1-2H3,(H,20,23).